The Bertz CT molecular complexity index is 681. The molecule has 0 amide bonds. The van der Waals surface area contributed by atoms with E-state index in [0.717, 1.165) is 17.1 Å². The topological polar surface area (TPSA) is 172 Å². The van der Waals surface area contributed by atoms with Gasteiger partial charge in [-0.25, -0.2) is 4.98 Å². The third kappa shape index (κ3) is 34.7. The molecule has 1 aromatic rings. The number of nitriles is 2. The molecule has 0 spiro atoms. The minimum absolute atomic E-state index is 0.190. The maximum Gasteiger partial charge on any atom is 0.373 e. The van der Waals surface area contributed by atoms with Crippen LogP contribution in [0.1, 0.15) is 37.4 Å². The fourth-order valence-corrected chi connectivity index (χ4v) is 2.10. The number of carbonyl (C=O) groups is 1. The number of thiocarbonyl (C=S) groups is 1. The number of alkyl halides is 1. The number of rotatable bonds is 5. The Hall–Kier alpha value is -2.59. The predicted molar refractivity (Wildman–Crippen MR) is 107 cm³/mol. The molecule has 0 fully saturated rings. The summed E-state index contributed by atoms with van der Waals surface area (Å²) in [6.07, 6.45) is 2.74. The first-order valence-corrected chi connectivity index (χ1v) is 9.70. The number of hydrogen-bond donors (Lipinski definition) is 1. The van der Waals surface area contributed by atoms with E-state index in [0.29, 0.717) is 18.2 Å². The van der Waals surface area contributed by atoms with Gasteiger partial charge in [-0.1, -0.05) is 42.0 Å². The van der Waals surface area contributed by atoms with Crippen molar-refractivity contribution in [2.24, 2.45) is 5.73 Å². The molecule has 0 aliphatic heterocycles. The van der Waals surface area contributed by atoms with E-state index in [1.807, 2.05) is 12.3 Å². The standard InChI is InChI=1S/C7H8N2S.C4H7BrO.C3H4N2S.2CO2/c1-2-6-5-10-7(9-6)3-4-8;1-2-4(6)3-5;4-2-1-3(5)6;2*2-1-3/h5H,2-3H2,1H3;2-3H2,1H3;1H2,(H2,5,6);;. The van der Waals surface area contributed by atoms with Crippen molar-refractivity contribution in [1.29, 1.82) is 10.5 Å². The lowest BCUT2D eigenvalue weighted by molar-refractivity contribution is -0.193. The summed E-state index contributed by atoms with van der Waals surface area (Å²) in [6.45, 7) is 3.91. The first-order chi connectivity index (χ1) is 13.3. The number of carbonyl (C=O) groups excluding carboxylic acids is 5. The molecule has 0 aromatic carbocycles. The van der Waals surface area contributed by atoms with E-state index in [-0.39, 0.29) is 29.5 Å². The van der Waals surface area contributed by atoms with E-state index in [9.17, 15) is 4.79 Å². The van der Waals surface area contributed by atoms with Crippen LogP contribution in [0.5, 0.6) is 0 Å². The lowest BCUT2D eigenvalue weighted by Crippen LogP contribution is -2.04. The molecule has 0 aliphatic rings. The largest absolute Gasteiger partial charge is 0.392 e. The smallest absolute Gasteiger partial charge is 0.373 e. The van der Waals surface area contributed by atoms with Gasteiger partial charge >= 0.3 is 12.3 Å². The molecule has 1 heterocycles. The minimum atomic E-state index is 0.190. The predicted octanol–water partition coefficient (Wildman–Crippen LogP) is 2.15. The summed E-state index contributed by atoms with van der Waals surface area (Å²) < 4.78 is 0. The zero-order valence-corrected chi connectivity index (χ0v) is 18.5. The lowest BCUT2D eigenvalue weighted by atomic mass is 10.4. The maximum absolute atomic E-state index is 10.1. The molecule has 0 radical (unpaired) electrons. The summed E-state index contributed by atoms with van der Waals surface area (Å²) in [4.78, 5) is 47.1. The van der Waals surface area contributed by atoms with Crippen LogP contribution < -0.4 is 5.73 Å². The van der Waals surface area contributed by atoms with Gasteiger partial charge in [0.05, 0.1) is 41.0 Å². The van der Waals surface area contributed by atoms with Crippen molar-refractivity contribution in [3.8, 4) is 12.1 Å². The average Bonchev–Trinajstić information content (AvgIpc) is 3.11. The van der Waals surface area contributed by atoms with Gasteiger partial charge in [0.2, 0.25) is 0 Å². The molecule has 0 saturated heterocycles. The number of thiazole rings is 1. The van der Waals surface area contributed by atoms with E-state index >= 15 is 0 Å². The zero-order valence-electron chi connectivity index (χ0n) is 15.3. The Kier molecular flexibility index (Phi) is 34.4. The Labute approximate surface area is 180 Å². The monoisotopic (exact) mass is 490 g/mol. The third-order valence-electron chi connectivity index (χ3n) is 1.99. The first-order valence-electron chi connectivity index (χ1n) is 7.29. The van der Waals surface area contributed by atoms with Gasteiger partial charge < -0.3 is 5.73 Å². The van der Waals surface area contributed by atoms with Gasteiger partial charge in [-0.05, 0) is 6.42 Å². The van der Waals surface area contributed by atoms with Crippen LogP contribution in [0.15, 0.2) is 5.38 Å². The average molecular weight is 491 g/mol. The Morgan fingerprint density at radius 3 is 1.89 bits per heavy atom. The molecule has 0 aliphatic carbocycles. The van der Waals surface area contributed by atoms with Gasteiger partial charge in [-0.3, -0.25) is 4.79 Å². The number of nitrogens with zero attached hydrogens (tertiary/aromatic N) is 3. The number of halogens is 1. The molecular weight excluding hydrogens is 472 g/mol. The Morgan fingerprint density at radius 2 is 1.71 bits per heavy atom. The molecule has 28 heavy (non-hydrogen) atoms. The second-order valence-corrected chi connectivity index (χ2v) is 5.94. The second-order valence-electron chi connectivity index (χ2n) is 3.91. The molecule has 1 rings (SSSR count). The van der Waals surface area contributed by atoms with Crippen molar-refractivity contribution >= 4 is 62.6 Å². The number of hydrogen-bond acceptors (Lipinski definition) is 10. The van der Waals surface area contributed by atoms with Crippen LogP contribution in [-0.2, 0) is 36.8 Å². The SMILES string of the molecule is CCC(=O)CBr.CCc1csc(CC#N)n1.N#CCC(N)=S.O=C=O.O=C=O. The lowest BCUT2D eigenvalue weighted by Gasteiger charge is -1.82. The zero-order chi connectivity index (χ0) is 22.8. The van der Waals surface area contributed by atoms with E-state index in [1.54, 1.807) is 17.4 Å². The summed E-state index contributed by atoms with van der Waals surface area (Å²) >= 11 is 8.94. The van der Waals surface area contributed by atoms with Crippen LogP contribution in [0, 0.1) is 22.7 Å². The summed E-state index contributed by atoms with van der Waals surface area (Å²) in [5.41, 5.74) is 6.00. The van der Waals surface area contributed by atoms with Crippen LogP contribution in [0.3, 0.4) is 0 Å². The highest BCUT2D eigenvalue weighted by molar-refractivity contribution is 9.09. The first kappa shape index (κ1) is 33.0. The van der Waals surface area contributed by atoms with E-state index in [2.05, 4.69) is 46.1 Å². The molecule has 152 valence electrons. The molecule has 1 aromatic heterocycles. The second kappa shape index (κ2) is 29.2. The highest BCUT2D eigenvalue weighted by Crippen LogP contribution is 2.09. The van der Waals surface area contributed by atoms with Crippen LogP contribution in [0.2, 0.25) is 0 Å². The van der Waals surface area contributed by atoms with Crippen molar-refractivity contribution in [3.63, 3.8) is 0 Å². The normalized spacial score (nSPS) is 7.04. The van der Waals surface area contributed by atoms with Gasteiger partial charge in [-0.2, -0.15) is 29.7 Å². The van der Waals surface area contributed by atoms with E-state index in [1.165, 1.54) is 0 Å². The molecule has 12 heteroatoms. The summed E-state index contributed by atoms with van der Waals surface area (Å²) in [7, 11) is 0. The van der Waals surface area contributed by atoms with Crippen molar-refractivity contribution in [3.05, 3.63) is 16.1 Å². The van der Waals surface area contributed by atoms with Crippen LogP contribution in [0.4, 0.5) is 0 Å². The summed E-state index contributed by atoms with van der Waals surface area (Å²) in [6, 6.07) is 3.87. The number of nitrogens with two attached hydrogens (primary N) is 1. The Morgan fingerprint density at radius 1 is 1.21 bits per heavy atom. The van der Waals surface area contributed by atoms with Crippen molar-refractivity contribution in [1.82, 2.24) is 4.98 Å². The van der Waals surface area contributed by atoms with Crippen molar-refractivity contribution in [2.75, 3.05) is 5.33 Å². The molecule has 0 bridgehead atoms. The van der Waals surface area contributed by atoms with Crippen molar-refractivity contribution in [2.45, 2.75) is 39.5 Å². The minimum Gasteiger partial charge on any atom is -0.392 e. The van der Waals surface area contributed by atoms with Gasteiger partial charge in [0.15, 0.2) is 0 Å². The third-order valence-corrected chi connectivity index (χ3v) is 3.66. The number of aryl methyl sites for hydroxylation is 1. The molecular formula is C16H19BrN4O5S2. The van der Waals surface area contributed by atoms with Crippen LogP contribution in [0.25, 0.3) is 0 Å². The quantitative estimate of drug-likeness (QED) is 0.475. The van der Waals surface area contributed by atoms with E-state index < -0.39 is 0 Å². The van der Waals surface area contributed by atoms with Gasteiger partial charge in [0.25, 0.3) is 0 Å². The molecule has 0 saturated carbocycles. The molecule has 9 nitrogen and oxygen atoms in total. The fourth-order valence-electron chi connectivity index (χ4n) is 0.833. The molecule has 2 N–H and O–H groups in total. The Balaban J connectivity index is -0.000000140. The summed E-state index contributed by atoms with van der Waals surface area (Å²) in [5, 5.41) is 19.6. The molecule has 0 unspecified atom stereocenters. The maximum atomic E-state index is 10.1. The highest BCUT2D eigenvalue weighted by atomic mass is 79.9. The van der Waals surface area contributed by atoms with Crippen LogP contribution >= 0.6 is 39.5 Å². The fraction of sp³-hybridized carbons (Fsp3) is 0.438. The van der Waals surface area contributed by atoms with Gasteiger partial charge in [-0.15, -0.1) is 11.3 Å². The van der Waals surface area contributed by atoms with E-state index in [4.69, 9.17) is 35.4 Å². The summed E-state index contributed by atoms with van der Waals surface area (Å²) in [5.74, 6) is 0.259. The van der Waals surface area contributed by atoms with Crippen LogP contribution in [-0.4, -0.2) is 33.4 Å². The number of ketones is 1. The van der Waals surface area contributed by atoms with Gasteiger partial charge in [0, 0.05) is 11.8 Å². The van der Waals surface area contributed by atoms with Gasteiger partial charge in [0.1, 0.15) is 10.8 Å². The van der Waals surface area contributed by atoms with Crippen molar-refractivity contribution < 1.29 is 24.0 Å². The molecule has 0 atom stereocenters. The highest BCUT2D eigenvalue weighted by Gasteiger charge is 1.97. The number of Topliss-reactive ketones (excluding diaryl/α,β-unsaturated/α-hetero) is 1. The number of aromatic nitrogens is 1.